The van der Waals surface area contributed by atoms with Crippen LogP contribution < -0.4 is 4.90 Å². The second-order valence-corrected chi connectivity index (χ2v) is 5.21. The largest absolute Gasteiger partial charge is 0.351 e. The van der Waals surface area contributed by atoms with Crippen LogP contribution in [0, 0.1) is 12.7 Å². The summed E-state index contributed by atoms with van der Waals surface area (Å²) in [5.74, 6) is 0.216. The van der Waals surface area contributed by atoms with E-state index in [1.807, 2.05) is 0 Å². The zero-order valence-corrected chi connectivity index (χ0v) is 11.6. The highest BCUT2D eigenvalue weighted by Crippen LogP contribution is 2.28. The molecule has 1 saturated heterocycles. The first kappa shape index (κ1) is 12.7. The van der Waals surface area contributed by atoms with Crippen LogP contribution in [0.3, 0.4) is 0 Å². The van der Waals surface area contributed by atoms with Gasteiger partial charge < -0.3 is 4.90 Å². The van der Waals surface area contributed by atoms with Crippen LogP contribution in [0.2, 0.25) is 0 Å². The molecular weight excluding hydrogens is 285 g/mol. The maximum atomic E-state index is 14.0. The molecule has 1 aromatic heterocycles. The quantitative estimate of drug-likeness (QED) is 0.800. The predicted octanol–water partition coefficient (Wildman–Crippen LogP) is 3.07. The molecule has 1 unspecified atom stereocenters. The van der Waals surface area contributed by atoms with E-state index in [1.165, 1.54) is 6.33 Å². The van der Waals surface area contributed by atoms with Crippen molar-refractivity contribution in [3.63, 3.8) is 0 Å². The molecule has 17 heavy (non-hydrogen) atoms. The van der Waals surface area contributed by atoms with E-state index in [4.69, 9.17) is 0 Å². The Morgan fingerprint density at radius 2 is 2.35 bits per heavy atom. The average molecular weight is 302 g/mol. The van der Waals surface area contributed by atoms with Gasteiger partial charge in [0.25, 0.3) is 0 Å². The van der Waals surface area contributed by atoms with Crippen molar-refractivity contribution in [3.8, 4) is 0 Å². The summed E-state index contributed by atoms with van der Waals surface area (Å²) in [6.45, 7) is 2.59. The monoisotopic (exact) mass is 301 g/mol. The van der Waals surface area contributed by atoms with Gasteiger partial charge in [0, 0.05) is 17.9 Å². The number of hydrogen-bond donors (Lipinski definition) is 0. The summed E-state index contributed by atoms with van der Waals surface area (Å²) in [6, 6.07) is 0.427. The van der Waals surface area contributed by atoms with Crippen LogP contribution in [0.15, 0.2) is 6.33 Å². The number of anilines is 1. The summed E-state index contributed by atoms with van der Waals surface area (Å²) in [4.78, 5) is 10.1. The number of alkyl halides is 1. The second kappa shape index (κ2) is 5.76. The fourth-order valence-corrected chi connectivity index (χ4v) is 2.70. The molecule has 0 saturated carbocycles. The Labute approximate surface area is 110 Å². The minimum atomic E-state index is -0.266. The van der Waals surface area contributed by atoms with Crippen molar-refractivity contribution in [3.05, 3.63) is 17.8 Å². The Hall–Kier alpha value is -0.710. The third-order valence-electron chi connectivity index (χ3n) is 3.27. The number of nitrogens with zero attached hydrogens (tertiary/aromatic N) is 3. The van der Waals surface area contributed by atoms with E-state index in [0.717, 1.165) is 37.6 Å². The molecule has 1 aliphatic heterocycles. The van der Waals surface area contributed by atoms with Crippen LogP contribution in [-0.4, -0.2) is 27.9 Å². The summed E-state index contributed by atoms with van der Waals surface area (Å²) in [6.07, 6.45) is 5.92. The van der Waals surface area contributed by atoms with E-state index in [-0.39, 0.29) is 5.82 Å². The molecule has 0 radical (unpaired) electrons. The van der Waals surface area contributed by atoms with Gasteiger partial charge in [-0.25, -0.2) is 14.4 Å². The summed E-state index contributed by atoms with van der Waals surface area (Å²) in [7, 11) is 0. The van der Waals surface area contributed by atoms with E-state index in [0.29, 0.717) is 17.6 Å². The van der Waals surface area contributed by atoms with Crippen molar-refractivity contribution < 1.29 is 4.39 Å². The van der Waals surface area contributed by atoms with Gasteiger partial charge in [0.05, 0.1) is 5.69 Å². The van der Waals surface area contributed by atoms with Crippen LogP contribution >= 0.6 is 15.9 Å². The normalized spacial score (nSPS) is 19.9. The number of rotatable bonds is 4. The highest BCUT2D eigenvalue weighted by Gasteiger charge is 2.27. The van der Waals surface area contributed by atoms with Crippen LogP contribution in [-0.2, 0) is 0 Å². The molecule has 0 bridgehead atoms. The third-order valence-corrected chi connectivity index (χ3v) is 3.83. The van der Waals surface area contributed by atoms with Crippen molar-refractivity contribution >= 4 is 21.7 Å². The van der Waals surface area contributed by atoms with Crippen LogP contribution in [0.4, 0.5) is 10.2 Å². The minimum Gasteiger partial charge on any atom is -0.351 e. The van der Waals surface area contributed by atoms with E-state index in [1.54, 1.807) is 6.92 Å². The molecule has 2 heterocycles. The number of aryl methyl sites for hydroxylation is 1. The highest BCUT2D eigenvalue weighted by atomic mass is 79.9. The molecule has 0 amide bonds. The van der Waals surface area contributed by atoms with Crippen LogP contribution in [0.1, 0.15) is 31.4 Å². The Balaban J connectivity index is 2.17. The molecule has 3 nitrogen and oxygen atoms in total. The fourth-order valence-electron chi connectivity index (χ4n) is 2.37. The molecule has 2 rings (SSSR count). The van der Waals surface area contributed by atoms with Gasteiger partial charge in [0.1, 0.15) is 6.33 Å². The van der Waals surface area contributed by atoms with E-state index in [9.17, 15) is 4.39 Å². The highest BCUT2D eigenvalue weighted by molar-refractivity contribution is 9.09. The van der Waals surface area contributed by atoms with E-state index >= 15 is 0 Å². The van der Waals surface area contributed by atoms with Crippen molar-refractivity contribution in [2.45, 2.75) is 38.6 Å². The van der Waals surface area contributed by atoms with Gasteiger partial charge in [-0.1, -0.05) is 15.9 Å². The van der Waals surface area contributed by atoms with E-state index in [2.05, 4.69) is 30.8 Å². The number of hydrogen-bond acceptors (Lipinski definition) is 3. The minimum absolute atomic E-state index is 0.266. The van der Waals surface area contributed by atoms with Crippen molar-refractivity contribution in [1.29, 1.82) is 0 Å². The first-order valence-corrected chi connectivity index (χ1v) is 7.16. The Morgan fingerprint density at radius 1 is 1.53 bits per heavy atom. The second-order valence-electron chi connectivity index (χ2n) is 4.42. The summed E-state index contributed by atoms with van der Waals surface area (Å²) >= 11 is 3.44. The van der Waals surface area contributed by atoms with Crippen molar-refractivity contribution in [2.24, 2.45) is 0 Å². The SMILES string of the molecule is Cc1ncnc(N2CCCC2CCCBr)c1F. The van der Waals surface area contributed by atoms with Gasteiger partial charge in [-0.2, -0.15) is 0 Å². The lowest BCUT2D eigenvalue weighted by atomic mass is 10.1. The standard InChI is InChI=1S/C12H17BrFN3/c1-9-11(14)12(16-8-15-9)17-7-3-5-10(17)4-2-6-13/h8,10H,2-7H2,1H3. The molecule has 1 aromatic rings. The molecule has 94 valence electrons. The van der Waals surface area contributed by atoms with Crippen LogP contribution in [0.25, 0.3) is 0 Å². The smallest absolute Gasteiger partial charge is 0.186 e. The lowest BCUT2D eigenvalue weighted by Crippen LogP contribution is -2.31. The molecule has 1 atom stereocenters. The Morgan fingerprint density at radius 3 is 3.12 bits per heavy atom. The van der Waals surface area contributed by atoms with Gasteiger partial charge in [-0.05, 0) is 32.6 Å². The van der Waals surface area contributed by atoms with Crippen molar-refractivity contribution in [2.75, 3.05) is 16.8 Å². The maximum absolute atomic E-state index is 14.0. The fraction of sp³-hybridized carbons (Fsp3) is 0.667. The van der Waals surface area contributed by atoms with Gasteiger partial charge in [-0.3, -0.25) is 0 Å². The summed E-state index contributed by atoms with van der Waals surface area (Å²) < 4.78 is 14.0. The first-order valence-electron chi connectivity index (χ1n) is 6.03. The lowest BCUT2D eigenvalue weighted by Gasteiger charge is -2.26. The molecule has 5 heteroatoms. The number of halogens is 2. The van der Waals surface area contributed by atoms with Gasteiger partial charge in [-0.15, -0.1) is 0 Å². The predicted molar refractivity (Wildman–Crippen MR) is 70.1 cm³/mol. The van der Waals surface area contributed by atoms with E-state index < -0.39 is 0 Å². The first-order chi connectivity index (χ1) is 8.24. The van der Waals surface area contributed by atoms with Gasteiger partial charge in [0.15, 0.2) is 11.6 Å². The van der Waals surface area contributed by atoms with Gasteiger partial charge in [0.2, 0.25) is 0 Å². The molecule has 0 aliphatic carbocycles. The lowest BCUT2D eigenvalue weighted by molar-refractivity contribution is 0.561. The molecule has 0 N–H and O–H groups in total. The molecule has 0 spiro atoms. The molecule has 0 aromatic carbocycles. The zero-order valence-electron chi connectivity index (χ0n) is 9.99. The zero-order chi connectivity index (χ0) is 12.3. The Kier molecular flexibility index (Phi) is 4.31. The maximum Gasteiger partial charge on any atom is 0.186 e. The molecule has 1 aliphatic rings. The topological polar surface area (TPSA) is 29.0 Å². The molecule has 1 fully saturated rings. The summed E-state index contributed by atoms with van der Waals surface area (Å²) in [5, 5.41) is 1.00. The Bertz CT molecular complexity index is 386. The number of aromatic nitrogens is 2. The van der Waals surface area contributed by atoms with Gasteiger partial charge >= 0.3 is 0 Å². The third kappa shape index (κ3) is 2.76. The van der Waals surface area contributed by atoms with Crippen molar-refractivity contribution in [1.82, 2.24) is 9.97 Å². The molecular formula is C12H17BrFN3. The van der Waals surface area contributed by atoms with Crippen LogP contribution in [0.5, 0.6) is 0 Å². The summed E-state index contributed by atoms with van der Waals surface area (Å²) in [5.41, 5.74) is 0.432. The average Bonchev–Trinajstić information content (AvgIpc) is 2.78.